The lowest BCUT2D eigenvalue weighted by molar-refractivity contribution is 0.0697. The van der Waals surface area contributed by atoms with Crippen LogP contribution in [0.5, 0.6) is 5.75 Å². The smallest absolute Gasteiger partial charge is 0.335 e. The lowest BCUT2D eigenvalue weighted by Gasteiger charge is -2.22. The summed E-state index contributed by atoms with van der Waals surface area (Å²) in [4.78, 5) is 11.0. The fourth-order valence-corrected chi connectivity index (χ4v) is 2.26. The number of hydrogen-bond acceptors (Lipinski definition) is 4. The number of ether oxygens (including phenoxy) is 2. The summed E-state index contributed by atoms with van der Waals surface area (Å²) in [5.74, 6) is 0.150. The molecular formula is C14H19NO4. The van der Waals surface area contributed by atoms with Crippen molar-refractivity contribution in [1.29, 1.82) is 0 Å². The quantitative estimate of drug-likeness (QED) is 0.854. The first-order chi connectivity index (χ1) is 9.11. The number of aromatic carboxylic acids is 1. The highest BCUT2D eigenvalue weighted by Gasteiger charge is 2.23. The first kappa shape index (κ1) is 13.7. The Morgan fingerprint density at radius 1 is 1.58 bits per heavy atom. The Kier molecular flexibility index (Phi) is 4.27. The average Bonchev–Trinajstić information content (AvgIpc) is 2.92. The zero-order chi connectivity index (χ0) is 13.8. The third kappa shape index (κ3) is 3.17. The van der Waals surface area contributed by atoms with Crippen molar-refractivity contribution in [2.75, 3.05) is 25.6 Å². The van der Waals surface area contributed by atoms with E-state index in [0.717, 1.165) is 19.6 Å². The lowest BCUT2D eigenvalue weighted by atomic mass is 10.0. The Morgan fingerprint density at radius 3 is 2.95 bits per heavy atom. The van der Waals surface area contributed by atoms with Gasteiger partial charge in [-0.25, -0.2) is 4.79 Å². The molecule has 2 unspecified atom stereocenters. The van der Waals surface area contributed by atoms with Crippen molar-refractivity contribution in [3.8, 4) is 5.75 Å². The molecule has 2 atom stereocenters. The molecule has 0 aromatic heterocycles. The van der Waals surface area contributed by atoms with Gasteiger partial charge in [0.1, 0.15) is 5.75 Å². The van der Waals surface area contributed by atoms with Gasteiger partial charge in [-0.1, -0.05) is 0 Å². The second kappa shape index (κ2) is 5.93. The van der Waals surface area contributed by atoms with Gasteiger partial charge in [0.25, 0.3) is 0 Å². The van der Waals surface area contributed by atoms with Gasteiger partial charge in [-0.15, -0.1) is 0 Å². The van der Waals surface area contributed by atoms with Crippen molar-refractivity contribution in [1.82, 2.24) is 0 Å². The maximum Gasteiger partial charge on any atom is 0.335 e. The Balaban J connectivity index is 2.16. The average molecular weight is 265 g/mol. The van der Waals surface area contributed by atoms with Crippen LogP contribution in [-0.4, -0.2) is 37.4 Å². The molecule has 1 saturated heterocycles. The number of hydrogen-bond donors (Lipinski definition) is 2. The van der Waals surface area contributed by atoms with Crippen molar-refractivity contribution in [3.05, 3.63) is 23.8 Å². The molecule has 0 aliphatic carbocycles. The summed E-state index contributed by atoms with van der Waals surface area (Å²) in [5.41, 5.74) is 0.958. The van der Waals surface area contributed by atoms with Gasteiger partial charge in [0.05, 0.1) is 25.0 Å². The molecule has 2 rings (SSSR count). The van der Waals surface area contributed by atoms with E-state index in [-0.39, 0.29) is 11.6 Å². The molecule has 1 fully saturated rings. The summed E-state index contributed by atoms with van der Waals surface area (Å²) in [6.07, 6.45) is 1.02. The number of carbonyl (C=O) groups is 1. The number of nitrogens with one attached hydrogen (secondary N) is 1. The van der Waals surface area contributed by atoms with Gasteiger partial charge in [-0.2, -0.15) is 0 Å². The number of anilines is 1. The van der Waals surface area contributed by atoms with E-state index in [1.165, 1.54) is 6.07 Å². The van der Waals surface area contributed by atoms with E-state index in [4.69, 9.17) is 14.6 Å². The monoisotopic (exact) mass is 265 g/mol. The number of carboxylic acid groups (broad SMARTS) is 1. The fourth-order valence-electron chi connectivity index (χ4n) is 2.26. The molecule has 0 saturated carbocycles. The summed E-state index contributed by atoms with van der Waals surface area (Å²) < 4.78 is 10.6. The van der Waals surface area contributed by atoms with E-state index in [1.807, 2.05) is 0 Å². The van der Waals surface area contributed by atoms with Crippen LogP contribution in [0.4, 0.5) is 5.69 Å². The third-order valence-electron chi connectivity index (χ3n) is 3.50. The SMILES string of the molecule is COc1ccc(C(=O)O)cc1NC(C)C1CCOC1. The molecule has 1 aromatic carbocycles. The first-order valence-electron chi connectivity index (χ1n) is 6.37. The van der Waals surface area contributed by atoms with Gasteiger partial charge >= 0.3 is 5.97 Å². The number of carboxylic acids is 1. The Hall–Kier alpha value is -1.75. The molecule has 0 spiro atoms. The highest BCUT2D eigenvalue weighted by Crippen LogP contribution is 2.28. The van der Waals surface area contributed by atoms with Crippen LogP contribution < -0.4 is 10.1 Å². The molecule has 1 heterocycles. The van der Waals surface area contributed by atoms with E-state index in [0.29, 0.717) is 17.4 Å². The van der Waals surface area contributed by atoms with Crippen LogP contribution >= 0.6 is 0 Å². The summed E-state index contributed by atoms with van der Waals surface area (Å²) in [6, 6.07) is 5.02. The van der Waals surface area contributed by atoms with E-state index in [9.17, 15) is 4.79 Å². The maximum atomic E-state index is 11.0. The standard InChI is InChI=1S/C14H19NO4/c1-9(11-5-6-19-8-11)15-12-7-10(14(16)17)3-4-13(12)18-2/h3-4,7,9,11,15H,5-6,8H2,1-2H3,(H,16,17). The minimum absolute atomic E-state index is 0.209. The van der Waals surface area contributed by atoms with Crippen LogP contribution in [0.3, 0.4) is 0 Å². The van der Waals surface area contributed by atoms with Crippen LogP contribution in [0.25, 0.3) is 0 Å². The molecule has 0 bridgehead atoms. The van der Waals surface area contributed by atoms with Gasteiger partial charge in [-0.3, -0.25) is 0 Å². The molecule has 1 aliphatic heterocycles. The molecular weight excluding hydrogens is 246 g/mol. The van der Waals surface area contributed by atoms with Crippen LogP contribution in [-0.2, 0) is 4.74 Å². The minimum Gasteiger partial charge on any atom is -0.495 e. The lowest BCUT2D eigenvalue weighted by Crippen LogP contribution is -2.26. The van der Waals surface area contributed by atoms with Gasteiger partial charge in [0.15, 0.2) is 0 Å². The van der Waals surface area contributed by atoms with Crippen LogP contribution in [0.2, 0.25) is 0 Å². The van der Waals surface area contributed by atoms with Crippen LogP contribution in [0.1, 0.15) is 23.7 Å². The maximum absolute atomic E-state index is 11.0. The summed E-state index contributed by atoms with van der Waals surface area (Å²) >= 11 is 0. The van der Waals surface area contributed by atoms with E-state index in [1.54, 1.807) is 19.2 Å². The first-order valence-corrected chi connectivity index (χ1v) is 6.37. The molecule has 19 heavy (non-hydrogen) atoms. The highest BCUT2D eigenvalue weighted by molar-refractivity contribution is 5.89. The molecule has 1 aliphatic rings. The molecule has 0 amide bonds. The van der Waals surface area contributed by atoms with Gasteiger partial charge in [0.2, 0.25) is 0 Å². The van der Waals surface area contributed by atoms with Gasteiger partial charge in [-0.05, 0) is 31.5 Å². The zero-order valence-corrected chi connectivity index (χ0v) is 11.2. The van der Waals surface area contributed by atoms with E-state index in [2.05, 4.69) is 12.2 Å². The molecule has 5 heteroatoms. The Morgan fingerprint density at radius 2 is 2.37 bits per heavy atom. The van der Waals surface area contributed by atoms with Crippen LogP contribution in [0, 0.1) is 5.92 Å². The minimum atomic E-state index is -0.942. The largest absolute Gasteiger partial charge is 0.495 e. The van der Waals surface area contributed by atoms with Crippen molar-refractivity contribution in [2.24, 2.45) is 5.92 Å². The Bertz CT molecular complexity index is 455. The predicted molar refractivity (Wildman–Crippen MR) is 72.0 cm³/mol. The normalized spacial score (nSPS) is 20.0. The number of benzene rings is 1. The zero-order valence-electron chi connectivity index (χ0n) is 11.2. The second-order valence-corrected chi connectivity index (χ2v) is 4.78. The molecule has 0 radical (unpaired) electrons. The topological polar surface area (TPSA) is 67.8 Å². The number of rotatable bonds is 5. The molecule has 104 valence electrons. The number of methoxy groups -OCH3 is 1. The van der Waals surface area contributed by atoms with Gasteiger partial charge < -0.3 is 19.9 Å². The van der Waals surface area contributed by atoms with E-state index < -0.39 is 5.97 Å². The van der Waals surface area contributed by atoms with Crippen LogP contribution in [0.15, 0.2) is 18.2 Å². The van der Waals surface area contributed by atoms with Crippen molar-refractivity contribution >= 4 is 11.7 Å². The summed E-state index contributed by atoms with van der Waals surface area (Å²) in [5, 5.41) is 12.4. The third-order valence-corrected chi connectivity index (χ3v) is 3.50. The highest BCUT2D eigenvalue weighted by atomic mass is 16.5. The van der Waals surface area contributed by atoms with E-state index >= 15 is 0 Å². The Labute approximate surface area is 112 Å². The van der Waals surface area contributed by atoms with Crippen molar-refractivity contribution in [2.45, 2.75) is 19.4 Å². The molecule has 5 nitrogen and oxygen atoms in total. The van der Waals surface area contributed by atoms with Gasteiger partial charge in [0, 0.05) is 18.6 Å². The molecule has 1 aromatic rings. The molecule has 2 N–H and O–H groups in total. The summed E-state index contributed by atoms with van der Waals surface area (Å²) in [7, 11) is 1.57. The second-order valence-electron chi connectivity index (χ2n) is 4.78. The summed E-state index contributed by atoms with van der Waals surface area (Å²) in [6.45, 7) is 3.62. The van der Waals surface area contributed by atoms with Crippen molar-refractivity contribution in [3.63, 3.8) is 0 Å². The predicted octanol–water partition coefficient (Wildman–Crippen LogP) is 2.23. The van der Waals surface area contributed by atoms with Crippen molar-refractivity contribution < 1.29 is 19.4 Å². The fraction of sp³-hybridized carbons (Fsp3) is 0.500.